The molecule has 5 rings (SSSR count). The van der Waals surface area contributed by atoms with E-state index in [2.05, 4.69) is 6.07 Å². The lowest BCUT2D eigenvalue weighted by Crippen LogP contribution is -2.29. The van der Waals surface area contributed by atoms with Crippen molar-refractivity contribution in [3.05, 3.63) is 125 Å². The summed E-state index contributed by atoms with van der Waals surface area (Å²) < 4.78 is 17.1. The van der Waals surface area contributed by atoms with Gasteiger partial charge in [-0.05, 0) is 73.0 Å². The Morgan fingerprint density at radius 2 is 1.65 bits per heavy atom. The van der Waals surface area contributed by atoms with Crippen LogP contribution in [-0.4, -0.2) is 28.3 Å². The zero-order valence-electron chi connectivity index (χ0n) is 22.5. The average Bonchev–Trinajstić information content (AvgIpc) is 3.58. The second-order valence-corrected chi connectivity index (χ2v) is 9.73. The number of furan rings is 1. The van der Waals surface area contributed by atoms with Crippen molar-refractivity contribution in [2.24, 2.45) is 0 Å². The van der Waals surface area contributed by atoms with Crippen LogP contribution < -0.4 is 9.47 Å². The Bertz CT molecular complexity index is 1500. The number of ether oxygens (including phenoxy) is 2. The summed E-state index contributed by atoms with van der Waals surface area (Å²) in [7, 11) is 0. The van der Waals surface area contributed by atoms with E-state index in [4.69, 9.17) is 13.9 Å². The van der Waals surface area contributed by atoms with Crippen molar-refractivity contribution in [3.8, 4) is 11.5 Å². The van der Waals surface area contributed by atoms with E-state index in [9.17, 15) is 14.7 Å². The Morgan fingerprint density at radius 3 is 2.33 bits per heavy atom. The standard InChI is InChI=1S/C33H31NO6/c1-3-17-38-26-13-9-24(10-14-26)30-29(32(36)33(37)34(30)20-28-8-5-18-39-28)31(35)25-11-15-27(16-12-25)40-21-23-7-4-6-22(2)19-23/h4-16,18-19,30,35H,3,17,20-21H2,1-2H3/b31-29-. The highest BCUT2D eigenvalue weighted by molar-refractivity contribution is 6.46. The average molecular weight is 538 g/mol. The van der Waals surface area contributed by atoms with Gasteiger partial charge in [-0.25, -0.2) is 0 Å². The zero-order valence-corrected chi connectivity index (χ0v) is 22.5. The first-order valence-corrected chi connectivity index (χ1v) is 13.3. The number of benzene rings is 3. The summed E-state index contributed by atoms with van der Waals surface area (Å²) in [5.74, 6) is 0.143. The number of likely N-dealkylation sites (tertiary alicyclic amines) is 1. The van der Waals surface area contributed by atoms with E-state index in [0.717, 1.165) is 17.5 Å². The van der Waals surface area contributed by atoms with Crippen LogP contribution in [0, 0.1) is 6.92 Å². The quantitative estimate of drug-likeness (QED) is 0.140. The third-order valence-corrected chi connectivity index (χ3v) is 6.73. The van der Waals surface area contributed by atoms with Gasteiger partial charge in [-0.3, -0.25) is 9.59 Å². The van der Waals surface area contributed by atoms with Gasteiger partial charge in [0.15, 0.2) is 0 Å². The Hall–Kier alpha value is -4.78. The van der Waals surface area contributed by atoms with Crippen molar-refractivity contribution < 1.29 is 28.6 Å². The fraction of sp³-hybridized carbons (Fsp3) is 0.212. The van der Waals surface area contributed by atoms with Crippen molar-refractivity contribution in [2.75, 3.05) is 6.61 Å². The van der Waals surface area contributed by atoms with Gasteiger partial charge in [-0.15, -0.1) is 0 Å². The maximum absolute atomic E-state index is 13.3. The van der Waals surface area contributed by atoms with Crippen LogP contribution >= 0.6 is 0 Å². The summed E-state index contributed by atoms with van der Waals surface area (Å²) in [4.78, 5) is 28.0. The molecule has 0 bridgehead atoms. The zero-order chi connectivity index (χ0) is 28.1. The Labute approximate surface area is 233 Å². The topological polar surface area (TPSA) is 89.2 Å². The first-order valence-electron chi connectivity index (χ1n) is 13.3. The first-order chi connectivity index (χ1) is 19.4. The Morgan fingerprint density at radius 1 is 0.925 bits per heavy atom. The predicted molar refractivity (Wildman–Crippen MR) is 151 cm³/mol. The molecule has 1 unspecified atom stereocenters. The number of hydrogen-bond donors (Lipinski definition) is 1. The summed E-state index contributed by atoms with van der Waals surface area (Å²) in [5, 5.41) is 11.4. The first kappa shape index (κ1) is 26.8. The molecule has 4 aromatic rings. The van der Waals surface area contributed by atoms with Gasteiger partial charge in [-0.1, -0.05) is 48.9 Å². The van der Waals surface area contributed by atoms with Crippen LogP contribution in [0.3, 0.4) is 0 Å². The number of carbonyl (C=O) groups is 2. The molecule has 1 saturated heterocycles. The van der Waals surface area contributed by atoms with Crippen LogP contribution in [0.4, 0.5) is 0 Å². The number of carbonyl (C=O) groups excluding carboxylic acids is 2. The lowest BCUT2D eigenvalue weighted by Gasteiger charge is -2.24. The van der Waals surface area contributed by atoms with E-state index in [1.54, 1.807) is 48.5 Å². The van der Waals surface area contributed by atoms with E-state index in [0.29, 0.717) is 41.6 Å². The van der Waals surface area contributed by atoms with Crippen molar-refractivity contribution in [1.82, 2.24) is 4.90 Å². The number of aliphatic hydroxyl groups excluding tert-OH is 1. The van der Waals surface area contributed by atoms with E-state index >= 15 is 0 Å². The highest BCUT2D eigenvalue weighted by atomic mass is 16.5. The van der Waals surface area contributed by atoms with Gasteiger partial charge in [0.25, 0.3) is 11.7 Å². The number of nitrogens with zero attached hydrogens (tertiary/aromatic N) is 1. The molecule has 7 heteroatoms. The van der Waals surface area contributed by atoms with Gasteiger partial charge in [0.05, 0.1) is 31.0 Å². The lowest BCUT2D eigenvalue weighted by atomic mass is 9.95. The molecule has 1 aliphatic heterocycles. The van der Waals surface area contributed by atoms with Crippen LogP contribution in [0.1, 0.15) is 47.4 Å². The van der Waals surface area contributed by atoms with Gasteiger partial charge in [0, 0.05) is 5.56 Å². The number of aliphatic hydroxyl groups is 1. The number of amides is 1. The summed E-state index contributed by atoms with van der Waals surface area (Å²) in [5.41, 5.74) is 3.31. The second kappa shape index (κ2) is 11.9. The molecule has 3 aromatic carbocycles. The molecular formula is C33H31NO6. The van der Waals surface area contributed by atoms with E-state index < -0.39 is 17.7 Å². The molecule has 0 spiro atoms. The maximum atomic E-state index is 13.3. The van der Waals surface area contributed by atoms with Crippen LogP contribution in [0.5, 0.6) is 11.5 Å². The molecule has 1 N–H and O–H groups in total. The van der Waals surface area contributed by atoms with E-state index in [-0.39, 0.29) is 17.9 Å². The van der Waals surface area contributed by atoms with Gasteiger partial charge in [-0.2, -0.15) is 0 Å². The maximum Gasteiger partial charge on any atom is 0.296 e. The third-order valence-electron chi connectivity index (χ3n) is 6.73. The minimum absolute atomic E-state index is 0.0206. The molecular weight excluding hydrogens is 506 g/mol. The largest absolute Gasteiger partial charge is 0.507 e. The Balaban J connectivity index is 1.45. The van der Waals surface area contributed by atoms with Gasteiger partial charge < -0.3 is 23.9 Å². The minimum atomic E-state index is -0.803. The molecule has 40 heavy (non-hydrogen) atoms. The Kier molecular flexibility index (Phi) is 8.01. The SMILES string of the molecule is CCCOc1ccc(C2/C(=C(/O)c3ccc(OCc4cccc(C)c4)cc3)C(=O)C(=O)N2Cc2ccco2)cc1. The summed E-state index contributed by atoms with van der Waals surface area (Å²) >= 11 is 0. The minimum Gasteiger partial charge on any atom is -0.507 e. The van der Waals surface area contributed by atoms with Gasteiger partial charge in [0.1, 0.15) is 29.6 Å². The van der Waals surface area contributed by atoms with Crippen LogP contribution in [-0.2, 0) is 22.7 Å². The molecule has 1 aliphatic rings. The summed E-state index contributed by atoms with van der Waals surface area (Å²) in [6, 6.07) is 24.8. The van der Waals surface area contributed by atoms with E-state index in [1.807, 2.05) is 44.2 Å². The molecule has 7 nitrogen and oxygen atoms in total. The molecule has 2 heterocycles. The smallest absolute Gasteiger partial charge is 0.296 e. The number of ketones is 1. The normalized spacial score (nSPS) is 16.4. The van der Waals surface area contributed by atoms with Crippen LogP contribution in [0.25, 0.3) is 5.76 Å². The van der Waals surface area contributed by atoms with E-state index in [1.165, 1.54) is 11.2 Å². The van der Waals surface area contributed by atoms with Crippen LogP contribution in [0.15, 0.2) is 101 Å². The van der Waals surface area contributed by atoms with Crippen molar-refractivity contribution >= 4 is 17.4 Å². The molecule has 0 saturated carbocycles. The highest BCUT2D eigenvalue weighted by Gasteiger charge is 2.46. The van der Waals surface area contributed by atoms with Gasteiger partial charge in [0.2, 0.25) is 0 Å². The molecule has 204 valence electrons. The molecule has 0 aliphatic carbocycles. The summed E-state index contributed by atoms with van der Waals surface area (Å²) in [6.45, 7) is 5.13. The predicted octanol–water partition coefficient (Wildman–Crippen LogP) is 6.58. The summed E-state index contributed by atoms with van der Waals surface area (Å²) in [6.07, 6.45) is 2.39. The fourth-order valence-corrected chi connectivity index (χ4v) is 4.76. The number of aryl methyl sites for hydroxylation is 1. The molecule has 1 fully saturated rings. The molecule has 0 radical (unpaired) electrons. The fourth-order valence-electron chi connectivity index (χ4n) is 4.76. The molecule has 1 amide bonds. The third kappa shape index (κ3) is 5.78. The van der Waals surface area contributed by atoms with Crippen LogP contribution in [0.2, 0.25) is 0 Å². The number of hydrogen-bond acceptors (Lipinski definition) is 6. The molecule has 1 aromatic heterocycles. The molecule has 1 atom stereocenters. The number of rotatable bonds is 10. The van der Waals surface area contributed by atoms with Crippen molar-refractivity contribution in [1.29, 1.82) is 0 Å². The van der Waals surface area contributed by atoms with Crippen molar-refractivity contribution in [3.63, 3.8) is 0 Å². The highest BCUT2D eigenvalue weighted by Crippen LogP contribution is 2.41. The number of Topliss-reactive ketones (excluding diaryl/α,β-unsaturated/α-hetero) is 1. The monoisotopic (exact) mass is 537 g/mol. The lowest BCUT2D eigenvalue weighted by molar-refractivity contribution is -0.140. The van der Waals surface area contributed by atoms with Crippen molar-refractivity contribution in [2.45, 2.75) is 39.5 Å². The van der Waals surface area contributed by atoms with Gasteiger partial charge >= 0.3 is 0 Å². The second-order valence-electron chi connectivity index (χ2n) is 9.73.